The summed E-state index contributed by atoms with van der Waals surface area (Å²) >= 11 is 0. The normalized spacial score (nSPS) is 18.4. The van der Waals surface area contributed by atoms with Gasteiger partial charge in [-0.05, 0) is 18.1 Å². The highest BCUT2D eigenvalue weighted by Gasteiger charge is 2.36. The number of nitrogens with zero attached hydrogens (tertiary/aromatic N) is 1. The Balaban J connectivity index is 0.00000200. The third-order valence-corrected chi connectivity index (χ3v) is 4.15. The van der Waals surface area contributed by atoms with E-state index in [1.807, 2.05) is 0 Å². The van der Waals surface area contributed by atoms with E-state index in [0.717, 1.165) is 26.2 Å². The predicted octanol–water partition coefficient (Wildman–Crippen LogP) is 2.38. The molecule has 114 valence electrons. The number of aryl methyl sites for hydroxylation is 1. The van der Waals surface area contributed by atoms with E-state index in [0.29, 0.717) is 0 Å². The summed E-state index contributed by atoms with van der Waals surface area (Å²) in [5.74, 6) is 0. The summed E-state index contributed by atoms with van der Waals surface area (Å²) in [6.07, 6.45) is 0. The molecule has 3 nitrogen and oxygen atoms in total. The number of hydrogen-bond acceptors (Lipinski definition) is 3. The van der Waals surface area contributed by atoms with Gasteiger partial charge in [-0.25, -0.2) is 0 Å². The van der Waals surface area contributed by atoms with Crippen molar-refractivity contribution in [1.82, 2.24) is 10.2 Å². The lowest BCUT2D eigenvalue weighted by atomic mass is 9.78. The number of aliphatic hydroxyl groups excluding tert-OH is 1. The molecule has 0 radical (unpaired) electrons. The molecule has 0 aliphatic carbocycles. The van der Waals surface area contributed by atoms with E-state index in [9.17, 15) is 5.11 Å². The lowest BCUT2D eigenvalue weighted by Gasteiger charge is -2.44. The van der Waals surface area contributed by atoms with Gasteiger partial charge in [-0.1, -0.05) is 38.1 Å². The second kappa shape index (κ2) is 7.41. The Morgan fingerprint density at radius 1 is 1.25 bits per heavy atom. The maximum absolute atomic E-state index is 9.81. The molecule has 0 amide bonds. The van der Waals surface area contributed by atoms with Gasteiger partial charge in [0, 0.05) is 44.2 Å². The van der Waals surface area contributed by atoms with Gasteiger partial charge in [0.15, 0.2) is 0 Å². The molecule has 1 atom stereocenters. The minimum absolute atomic E-state index is 0. The average molecular weight is 299 g/mol. The zero-order valence-corrected chi connectivity index (χ0v) is 13.5. The zero-order valence-electron chi connectivity index (χ0n) is 12.7. The summed E-state index contributed by atoms with van der Waals surface area (Å²) in [5, 5.41) is 13.2. The number of halogens is 1. The molecule has 0 saturated carbocycles. The minimum atomic E-state index is -0.135. The predicted molar refractivity (Wildman–Crippen MR) is 86.5 cm³/mol. The van der Waals surface area contributed by atoms with Crippen LogP contribution < -0.4 is 5.32 Å². The van der Waals surface area contributed by atoms with Crippen LogP contribution in [-0.4, -0.2) is 42.8 Å². The SMILES string of the molecule is Cc1ccccc1[C@@H](N1CCNCC1)C(C)(C)CO.Cl. The second-order valence-corrected chi connectivity index (χ2v) is 6.19. The maximum atomic E-state index is 9.81. The quantitative estimate of drug-likeness (QED) is 0.896. The van der Waals surface area contributed by atoms with Gasteiger partial charge in [0.25, 0.3) is 0 Å². The third kappa shape index (κ3) is 3.73. The van der Waals surface area contributed by atoms with Crippen molar-refractivity contribution in [2.75, 3.05) is 32.8 Å². The fourth-order valence-electron chi connectivity index (χ4n) is 3.03. The molecule has 4 heteroatoms. The van der Waals surface area contributed by atoms with Crippen LogP contribution >= 0.6 is 12.4 Å². The van der Waals surface area contributed by atoms with Crippen LogP contribution in [0.15, 0.2) is 24.3 Å². The maximum Gasteiger partial charge on any atom is 0.0500 e. The summed E-state index contributed by atoms with van der Waals surface area (Å²) in [6, 6.07) is 8.84. The van der Waals surface area contributed by atoms with E-state index in [2.05, 4.69) is 55.3 Å². The Morgan fingerprint density at radius 3 is 2.40 bits per heavy atom. The van der Waals surface area contributed by atoms with E-state index in [4.69, 9.17) is 0 Å². The Bertz CT molecular complexity index is 417. The average Bonchev–Trinajstić information content (AvgIpc) is 2.42. The summed E-state index contributed by atoms with van der Waals surface area (Å²) in [4.78, 5) is 2.51. The van der Waals surface area contributed by atoms with Gasteiger partial charge in [-0.15, -0.1) is 12.4 Å². The van der Waals surface area contributed by atoms with Crippen molar-refractivity contribution < 1.29 is 5.11 Å². The van der Waals surface area contributed by atoms with Crippen LogP contribution in [0.5, 0.6) is 0 Å². The first kappa shape index (κ1) is 17.4. The van der Waals surface area contributed by atoms with Gasteiger partial charge in [-0.2, -0.15) is 0 Å². The van der Waals surface area contributed by atoms with Crippen LogP contribution in [0, 0.1) is 12.3 Å². The first-order valence-corrected chi connectivity index (χ1v) is 7.17. The Hall–Kier alpha value is -0.610. The number of rotatable bonds is 4. The van der Waals surface area contributed by atoms with Gasteiger partial charge in [-0.3, -0.25) is 4.90 Å². The number of aliphatic hydroxyl groups is 1. The number of hydrogen-bond donors (Lipinski definition) is 2. The summed E-state index contributed by atoms with van der Waals surface area (Å²) < 4.78 is 0. The summed E-state index contributed by atoms with van der Waals surface area (Å²) in [5.41, 5.74) is 2.53. The minimum Gasteiger partial charge on any atom is -0.396 e. The first-order valence-electron chi connectivity index (χ1n) is 7.17. The first-order chi connectivity index (χ1) is 9.06. The van der Waals surface area contributed by atoms with Crippen LogP contribution in [0.3, 0.4) is 0 Å². The number of piperazine rings is 1. The van der Waals surface area contributed by atoms with E-state index in [-0.39, 0.29) is 30.5 Å². The van der Waals surface area contributed by atoms with Crippen LogP contribution in [0.25, 0.3) is 0 Å². The van der Waals surface area contributed by atoms with E-state index < -0.39 is 0 Å². The highest BCUT2D eigenvalue weighted by atomic mass is 35.5. The molecule has 0 spiro atoms. The molecule has 1 heterocycles. The van der Waals surface area contributed by atoms with Crippen molar-refractivity contribution in [3.63, 3.8) is 0 Å². The second-order valence-electron chi connectivity index (χ2n) is 6.19. The fraction of sp³-hybridized carbons (Fsp3) is 0.625. The molecule has 1 fully saturated rings. The van der Waals surface area contributed by atoms with Gasteiger partial charge in [0.2, 0.25) is 0 Å². The van der Waals surface area contributed by atoms with Gasteiger partial charge in [0.1, 0.15) is 0 Å². The van der Waals surface area contributed by atoms with Gasteiger partial charge < -0.3 is 10.4 Å². The number of benzene rings is 1. The number of nitrogens with one attached hydrogen (secondary N) is 1. The molecule has 1 aromatic rings. The molecule has 0 unspecified atom stereocenters. The van der Waals surface area contributed by atoms with Crippen LogP contribution in [0.1, 0.15) is 31.0 Å². The van der Waals surface area contributed by atoms with Crippen LogP contribution in [0.4, 0.5) is 0 Å². The highest BCUT2D eigenvalue weighted by Crippen LogP contribution is 2.39. The van der Waals surface area contributed by atoms with E-state index >= 15 is 0 Å². The molecule has 1 aromatic carbocycles. The lowest BCUT2D eigenvalue weighted by molar-refractivity contribution is 0.0302. The summed E-state index contributed by atoms with van der Waals surface area (Å²) in [7, 11) is 0. The largest absolute Gasteiger partial charge is 0.396 e. The topological polar surface area (TPSA) is 35.5 Å². The van der Waals surface area contributed by atoms with Gasteiger partial charge in [0.05, 0.1) is 0 Å². The molecular weight excluding hydrogens is 272 g/mol. The summed E-state index contributed by atoms with van der Waals surface area (Å²) in [6.45, 7) is 10.8. The van der Waals surface area contributed by atoms with Crippen LogP contribution in [-0.2, 0) is 0 Å². The molecule has 1 aliphatic rings. The molecule has 1 aliphatic heterocycles. The van der Waals surface area contributed by atoms with Crippen molar-refractivity contribution in [2.45, 2.75) is 26.8 Å². The van der Waals surface area contributed by atoms with Crippen molar-refractivity contribution in [1.29, 1.82) is 0 Å². The Labute approximate surface area is 128 Å². The molecule has 0 bridgehead atoms. The fourth-order valence-corrected chi connectivity index (χ4v) is 3.03. The lowest BCUT2D eigenvalue weighted by Crippen LogP contribution is -2.49. The third-order valence-electron chi connectivity index (χ3n) is 4.15. The van der Waals surface area contributed by atoms with Gasteiger partial charge >= 0.3 is 0 Å². The zero-order chi connectivity index (χ0) is 13.9. The Kier molecular flexibility index (Phi) is 6.46. The standard InChI is InChI=1S/C16H26N2O.ClH/c1-13-6-4-5-7-14(13)15(16(2,3)12-19)18-10-8-17-9-11-18;/h4-7,15,17,19H,8-12H2,1-3H3;1H/t15-;/m1./s1. The monoisotopic (exact) mass is 298 g/mol. The van der Waals surface area contributed by atoms with E-state index in [1.54, 1.807) is 0 Å². The van der Waals surface area contributed by atoms with Crippen molar-refractivity contribution >= 4 is 12.4 Å². The van der Waals surface area contributed by atoms with Crippen molar-refractivity contribution in [2.24, 2.45) is 5.41 Å². The van der Waals surface area contributed by atoms with Crippen molar-refractivity contribution in [3.8, 4) is 0 Å². The molecule has 2 N–H and O–H groups in total. The molecule has 1 saturated heterocycles. The highest BCUT2D eigenvalue weighted by molar-refractivity contribution is 5.85. The van der Waals surface area contributed by atoms with Crippen molar-refractivity contribution in [3.05, 3.63) is 35.4 Å². The molecule has 2 rings (SSSR count). The van der Waals surface area contributed by atoms with Crippen LogP contribution in [0.2, 0.25) is 0 Å². The molecule has 0 aromatic heterocycles. The van der Waals surface area contributed by atoms with E-state index in [1.165, 1.54) is 11.1 Å². The molecule has 20 heavy (non-hydrogen) atoms. The Morgan fingerprint density at radius 2 is 1.85 bits per heavy atom. The smallest absolute Gasteiger partial charge is 0.0500 e. The molecular formula is C16H27ClN2O.